The second-order valence-corrected chi connectivity index (χ2v) is 4.22. The van der Waals surface area contributed by atoms with Crippen molar-refractivity contribution in [2.45, 2.75) is 6.92 Å². The Kier molecular flexibility index (Phi) is 4.78. The summed E-state index contributed by atoms with van der Waals surface area (Å²) in [5.41, 5.74) is 1.52. The van der Waals surface area contributed by atoms with Crippen LogP contribution in [0.25, 0.3) is 0 Å². The van der Waals surface area contributed by atoms with Gasteiger partial charge >= 0.3 is 0 Å². The molecule has 0 aliphatic rings. The molecule has 2 aromatic rings. The zero-order chi connectivity index (χ0) is 15.1. The third kappa shape index (κ3) is 4.55. The molecule has 0 unspecified atom stereocenters. The molecule has 5 nitrogen and oxygen atoms in total. The molecule has 2 rings (SSSR count). The minimum Gasteiger partial charge on any atom is -0.459 e. The normalized spacial score (nSPS) is 9.38. The molecule has 0 atom stereocenters. The number of hydrogen-bond acceptors (Lipinski definition) is 3. The average molecular weight is 282 g/mol. The Hall–Kier alpha value is -3.00. The number of carbonyl (C=O) groups is 2. The Bertz CT molecular complexity index is 677. The van der Waals surface area contributed by atoms with Crippen LogP contribution < -0.4 is 10.6 Å². The molecule has 0 bridgehead atoms. The van der Waals surface area contributed by atoms with E-state index in [0.29, 0.717) is 0 Å². The van der Waals surface area contributed by atoms with Gasteiger partial charge < -0.3 is 15.1 Å². The lowest BCUT2D eigenvalue weighted by atomic mass is 10.2. The standard InChI is InChI=1S/C16H14N2O3/c1-12(19)18-14-8-6-13(7-9-14)4-2-10-17-16(20)15-5-3-11-21-15/h3,5-9,11H,10H2,1H3,(H,17,20)(H,18,19). The highest BCUT2D eigenvalue weighted by molar-refractivity contribution is 5.91. The summed E-state index contributed by atoms with van der Waals surface area (Å²) in [6, 6.07) is 10.4. The maximum Gasteiger partial charge on any atom is 0.287 e. The van der Waals surface area contributed by atoms with Crippen LogP contribution in [0, 0.1) is 11.8 Å². The van der Waals surface area contributed by atoms with Crippen LogP contribution in [0.2, 0.25) is 0 Å². The Morgan fingerprint density at radius 1 is 1.19 bits per heavy atom. The van der Waals surface area contributed by atoms with Crippen molar-refractivity contribution < 1.29 is 14.0 Å². The summed E-state index contributed by atoms with van der Waals surface area (Å²) in [6.07, 6.45) is 1.44. The Balaban J connectivity index is 1.85. The smallest absolute Gasteiger partial charge is 0.287 e. The Labute approximate surface area is 122 Å². The number of anilines is 1. The predicted molar refractivity (Wildman–Crippen MR) is 78.7 cm³/mol. The van der Waals surface area contributed by atoms with Gasteiger partial charge in [0, 0.05) is 18.2 Å². The predicted octanol–water partition coefficient (Wildman–Crippen LogP) is 2.02. The first-order valence-corrected chi connectivity index (χ1v) is 6.33. The van der Waals surface area contributed by atoms with Crippen molar-refractivity contribution in [3.05, 3.63) is 54.0 Å². The van der Waals surface area contributed by atoms with Crippen molar-refractivity contribution >= 4 is 17.5 Å². The zero-order valence-electron chi connectivity index (χ0n) is 11.5. The van der Waals surface area contributed by atoms with Gasteiger partial charge in [0.1, 0.15) is 0 Å². The lowest BCUT2D eigenvalue weighted by Crippen LogP contribution is -2.22. The number of nitrogens with one attached hydrogen (secondary N) is 2. The van der Waals surface area contributed by atoms with Crippen LogP contribution in [0.5, 0.6) is 0 Å². The number of furan rings is 1. The SMILES string of the molecule is CC(=O)Nc1ccc(C#CCNC(=O)c2ccco2)cc1. The van der Waals surface area contributed by atoms with E-state index in [-0.39, 0.29) is 24.1 Å². The second kappa shape index (κ2) is 6.96. The molecule has 0 aliphatic carbocycles. The summed E-state index contributed by atoms with van der Waals surface area (Å²) in [5.74, 6) is 5.61. The van der Waals surface area contributed by atoms with Crippen LogP contribution in [0.15, 0.2) is 47.1 Å². The molecular weight excluding hydrogens is 268 g/mol. The average Bonchev–Trinajstić information content (AvgIpc) is 2.99. The lowest BCUT2D eigenvalue weighted by Gasteiger charge is -2.00. The van der Waals surface area contributed by atoms with Crippen LogP contribution in [-0.2, 0) is 4.79 Å². The lowest BCUT2D eigenvalue weighted by molar-refractivity contribution is -0.114. The topological polar surface area (TPSA) is 71.3 Å². The van der Waals surface area contributed by atoms with E-state index in [4.69, 9.17) is 4.42 Å². The van der Waals surface area contributed by atoms with Crippen molar-refractivity contribution in [1.29, 1.82) is 0 Å². The van der Waals surface area contributed by atoms with E-state index in [2.05, 4.69) is 22.5 Å². The van der Waals surface area contributed by atoms with E-state index in [1.165, 1.54) is 13.2 Å². The minimum absolute atomic E-state index is 0.116. The zero-order valence-corrected chi connectivity index (χ0v) is 11.5. The summed E-state index contributed by atoms with van der Waals surface area (Å²) in [6.45, 7) is 1.68. The molecule has 5 heteroatoms. The molecule has 0 saturated heterocycles. The fraction of sp³-hybridized carbons (Fsp3) is 0.125. The Morgan fingerprint density at radius 2 is 1.95 bits per heavy atom. The highest BCUT2D eigenvalue weighted by Gasteiger charge is 2.05. The molecule has 106 valence electrons. The largest absolute Gasteiger partial charge is 0.459 e. The fourth-order valence-electron chi connectivity index (χ4n) is 1.61. The number of hydrogen-bond donors (Lipinski definition) is 2. The van der Waals surface area contributed by atoms with Crippen LogP contribution >= 0.6 is 0 Å². The van der Waals surface area contributed by atoms with Crippen molar-refractivity contribution in [1.82, 2.24) is 5.32 Å². The molecule has 0 fully saturated rings. The third-order valence-corrected chi connectivity index (χ3v) is 2.52. The molecule has 1 aromatic heterocycles. The maximum atomic E-state index is 11.6. The van der Waals surface area contributed by atoms with Gasteiger partial charge in [-0.1, -0.05) is 11.8 Å². The fourth-order valence-corrected chi connectivity index (χ4v) is 1.61. The van der Waals surface area contributed by atoms with Crippen LogP contribution in [0.4, 0.5) is 5.69 Å². The first kappa shape index (κ1) is 14.4. The number of amides is 2. The molecule has 2 N–H and O–H groups in total. The van der Waals surface area contributed by atoms with Crippen LogP contribution in [0.3, 0.4) is 0 Å². The van der Waals surface area contributed by atoms with E-state index in [0.717, 1.165) is 11.3 Å². The van der Waals surface area contributed by atoms with E-state index >= 15 is 0 Å². The maximum absolute atomic E-state index is 11.6. The van der Waals surface area contributed by atoms with Gasteiger partial charge in [-0.05, 0) is 36.4 Å². The Morgan fingerprint density at radius 3 is 2.57 bits per heavy atom. The van der Waals surface area contributed by atoms with E-state index in [1.54, 1.807) is 36.4 Å². The molecule has 0 spiro atoms. The highest BCUT2D eigenvalue weighted by Crippen LogP contribution is 2.08. The van der Waals surface area contributed by atoms with Crippen molar-refractivity contribution in [3.63, 3.8) is 0 Å². The molecule has 2 amide bonds. The van der Waals surface area contributed by atoms with Gasteiger partial charge in [-0.25, -0.2) is 0 Å². The van der Waals surface area contributed by atoms with Gasteiger partial charge in [0.2, 0.25) is 5.91 Å². The highest BCUT2D eigenvalue weighted by atomic mass is 16.3. The van der Waals surface area contributed by atoms with Gasteiger partial charge in [0.25, 0.3) is 5.91 Å². The first-order chi connectivity index (χ1) is 10.1. The molecule has 0 saturated carbocycles. The molecular formula is C16H14N2O3. The van der Waals surface area contributed by atoms with Crippen molar-refractivity contribution in [2.24, 2.45) is 0 Å². The van der Waals surface area contributed by atoms with Gasteiger partial charge in [-0.2, -0.15) is 0 Å². The van der Waals surface area contributed by atoms with E-state index in [1.807, 2.05) is 0 Å². The van der Waals surface area contributed by atoms with E-state index in [9.17, 15) is 9.59 Å². The molecule has 1 heterocycles. The van der Waals surface area contributed by atoms with Gasteiger partial charge in [0.05, 0.1) is 12.8 Å². The monoisotopic (exact) mass is 282 g/mol. The minimum atomic E-state index is -0.296. The molecule has 21 heavy (non-hydrogen) atoms. The summed E-state index contributed by atoms with van der Waals surface area (Å²) in [4.78, 5) is 22.4. The van der Waals surface area contributed by atoms with Crippen LogP contribution in [0.1, 0.15) is 23.0 Å². The molecule has 1 aromatic carbocycles. The first-order valence-electron chi connectivity index (χ1n) is 6.33. The summed E-state index contributed by atoms with van der Waals surface area (Å²) < 4.78 is 4.96. The van der Waals surface area contributed by atoms with Gasteiger partial charge in [-0.15, -0.1) is 0 Å². The van der Waals surface area contributed by atoms with Crippen molar-refractivity contribution in [2.75, 3.05) is 11.9 Å². The van der Waals surface area contributed by atoms with Gasteiger partial charge in [0.15, 0.2) is 5.76 Å². The summed E-state index contributed by atoms with van der Waals surface area (Å²) in [7, 11) is 0. The van der Waals surface area contributed by atoms with Crippen molar-refractivity contribution in [3.8, 4) is 11.8 Å². The quantitative estimate of drug-likeness (QED) is 0.846. The third-order valence-electron chi connectivity index (χ3n) is 2.52. The number of carbonyl (C=O) groups excluding carboxylic acids is 2. The molecule has 0 aliphatic heterocycles. The molecule has 0 radical (unpaired) electrons. The van der Waals surface area contributed by atoms with E-state index < -0.39 is 0 Å². The van der Waals surface area contributed by atoms with Gasteiger partial charge in [-0.3, -0.25) is 9.59 Å². The summed E-state index contributed by atoms with van der Waals surface area (Å²) in [5, 5.41) is 5.30. The number of rotatable bonds is 3. The summed E-state index contributed by atoms with van der Waals surface area (Å²) >= 11 is 0. The second-order valence-electron chi connectivity index (χ2n) is 4.22. The number of benzene rings is 1. The van der Waals surface area contributed by atoms with Crippen LogP contribution in [-0.4, -0.2) is 18.4 Å².